The molecule has 0 fully saturated rings. The van der Waals surface area contributed by atoms with E-state index in [0.717, 1.165) is 5.70 Å². The molecule has 0 aromatic rings. The molecule has 0 rings (SSSR count). The second-order valence-electron chi connectivity index (χ2n) is 1.36. The third-order valence-electron chi connectivity index (χ3n) is 0.588. The quantitative estimate of drug-likeness (QED) is 0.589. The Bertz CT molecular complexity index is 160. The highest BCUT2D eigenvalue weighted by molar-refractivity contribution is 14.1. The van der Waals surface area contributed by atoms with Crippen molar-refractivity contribution in [2.75, 3.05) is 0 Å². The molecule has 0 radical (unpaired) electrons. The minimum Gasteiger partial charge on any atom is -0.294 e. The van der Waals surface area contributed by atoms with E-state index in [-0.39, 0.29) is 0 Å². The third kappa shape index (κ3) is 6.42. The largest absolute Gasteiger partial charge is 0.294 e. The van der Waals surface area contributed by atoms with Crippen molar-refractivity contribution in [1.82, 2.24) is 0 Å². The van der Waals surface area contributed by atoms with Gasteiger partial charge in [-0.25, -0.2) is 0 Å². The molecule has 0 aromatic carbocycles. The van der Waals surface area contributed by atoms with Crippen molar-refractivity contribution in [3.8, 4) is 0 Å². The van der Waals surface area contributed by atoms with Crippen LogP contribution in [0, 0.1) is 5.41 Å². The van der Waals surface area contributed by atoms with Gasteiger partial charge in [-0.15, -0.1) is 0 Å². The maximum absolute atomic E-state index is 7.04. The van der Waals surface area contributed by atoms with Gasteiger partial charge in [-0.1, -0.05) is 0 Å². The summed E-state index contributed by atoms with van der Waals surface area (Å²) < 4.78 is 2.19. The minimum absolute atomic E-state index is 0.507. The number of rotatable bonds is 2. The summed E-state index contributed by atoms with van der Waals surface area (Å²) in [6.07, 6.45) is 1.70. The molecule has 0 aliphatic heterocycles. The second kappa shape index (κ2) is 5.33. The molecule has 0 amide bonds. The summed E-state index contributed by atoms with van der Waals surface area (Å²) in [6.45, 7) is 1.86. The first-order chi connectivity index (χ1) is 4.16. The third-order valence-corrected chi connectivity index (χ3v) is 1.18. The molecule has 50 valence electrons. The van der Waals surface area contributed by atoms with Crippen LogP contribution in [0.4, 0.5) is 0 Å². The molecule has 1 N–H and O–H groups in total. The van der Waals surface area contributed by atoms with E-state index < -0.39 is 0 Å². The van der Waals surface area contributed by atoms with Crippen molar-refractivity contribution in [2.24, 2.45) is 4.99 Å². The lowest BCUT2D eigenvalue weighted by molar-refractivity contribution is 1.33. The molecule has 0 atom stereocenters. The molecule has 0 aromatic heterocycles. The van der Waals surface area contributed by atoms with Crippen LogP contribution in [0.2, 0.25) is 0 Å². The van der Waals surface area contributed by atoms with Crippen molar-refractivity contribution in [3.05, 3.63) is 11.8 Å². The Balaban J connectivity index is 4.00. The van der Waals surface area contributed by atoms with E-state index in [0.29, 0.717) is 3.72 Å². The zero-order chi connectivity index (χ0) is 7.28. The van der Waals surface area contributed by atoms with E-state index in [2.05, 4.69) is 4.99 Å². The molecule has 0 saturated carbocycles. The zero-order valence-corrected chi connectivity index (χ0v) is 9.17. The van der Waals surface area contributed by atoms with Gasteiger partial charge in [-0.2, -0.15) is 0 Å². The lowest BCUT2D eigenvalue weighted by Gasteiger charge is -1.85. The smallest absolute Gasteiger partial charge is 0.0937 e. The SMILES string of the molecule is CC(=CC(=N)I)/N=C\I. The van der Waals surface area contributed by atoms with E-state index in [1.165, 1.54) is 0 Å². The van der Waals surface area contributed by atoms with Crippen LogP contribution in [0.5, 0.6) is 0 Å². The molecule has 9 heavy (non-hydrogen) atoms. The first kappa shape index (κ1) is 9.54. The van der Waals surface area contributed by atoms with Crippen LogP contribution < -0.4 is 0 Å². The normalized spacial score (nSPS) is 12.6. The molecule has 0 bridgehead atoms. The Morgan fingerprint density at radius 2 is 2.22 bits per heavy atom. The maximum atomic E-state index is 7.04. The van der Waals surface area contributed by atoms with Gasteiger partial charge in [0.1, 0.15) is 0 Å². The van der Waals surface area contributed by atoms with E-state index in [1.807, 2.05) is 52.1 Å². The van der Waals surface area contributed by atoms with Crippen LogP contribution in [0.1, 0.15) is 6.92 Å². The lowest BCUT2D eigenvalue weighted by atomic mass is 10.5. The Kier molecular flexibility index (Phi) is 5.65. The van der Waals surface area contributed by atoms with Crippen LogP contribution >= 0.6 is 45.2 Å². The second-order valence-corrected chi connectivity index (χ2v) is 3.08. The number of halogens is 2. The minimum atomic E-state index is 0.507. The number of hydrogen-bond acceptors (Lipinski definition) is 2. The molecule has 0 aliphatic rings. The highest BCUT2D eigenvalue weighted by atomic mass is 127. The summed E-state index contributed by atoms with van der Waals surface area (Å²) in [7, 11) is 0. The number of allylic oxidation sites excluding steroid dienone is 2. The van der Waals surface area contributed by atoms with Crippen LogP contribution in [-0.4, -0.2) is 7.94 Å². The Hall–Kier alpha value is 0.540. The fourth-order valence-corrected chi connectivity index (χ4v) is 1.19. The van der Waals surface area contributed by atoms with Crippen molar-refractivity contribution >= 4 is 53.1 Å². The van der Waals surface area contributed by atoms with E-state index in [1.54, 1.807) is 10.3 Å². The molecule has 0 heterocycles. The monoisotopic (exact) mass is 348 g/mol. The fourth-order valence-electron chi connectivity index (χ4n) is 0.298. The predicted octanol–water partition coefficient (Wildman–Crippen LogP) is 2.77. The Labute approximate surface area is 81.6 Å². The molecule has 4 heteroatoms. The topological polar surface area (TPSA) is 36.2 Å². The van der Waals surface area contributed by atoms with Crippen molar-refractivity contribution < 1.29 is 0 Å². The standard InChI is InChI=1S/C5H6I2N2/c1-4(9-3-6)2-5(7)8/h2-3,8H,1H3/b4-2?,8-5?,9-3-. The van der Waals surface area contributed by atoms with E-state index in [4.69, 9.17) is 5.41 Å². The predicted molar refractivity (Wildman–Crippen MR) is 58.0 cm³/mol. The fraction of sp³-hybridized carbons (Fsp3) is 0.200. The van der Waals surface area contributed by atoms with Gasteiger partial charge in [0.25, 0.3) is 0 Å². The molecule has 2 nitrogen and oxygen atoms in total. The molecular formula is C5H6I2N2. The first-order valence-electron chi connectivity index (χ1n) is 2.22. The van der Waals surface area contributed by atoms with Gasteiger partial charge >= 0.3 is 0 Å². The number of nitrogens with zero attached hydrogens (tertiary/aromatic N) is 1. The van der Waals surface area contributed by atoms with Crippen molar-refractivity contribution in [1.29, 1.82) is 5.41 Å². The summed E-state index contributed by atoms with van der Waals surface area (Å²) >= 11 is 3.97. The van der Waals surface area contributed by atoms with Gasteiger partial charge in [0.05, 0.1) is 7.94 Å². The van der Waals surface area contributed by atoms with E-state index >= 15 is 0 Å². The van der Waals surface area contributed by atoms with Gasteiger partial charge in [0.15, 0.2) is 0 Å². The van der Waals surface area contributed by atoms with Crippen molar-refractivity contribution in [2.45, 2.75) is 6.92 Å². The lowest BCUT2D eigenvalue weighted by Crippen LogP contribution is -1.75. The Morgan fingerprint density at radius 3 is 2.56 bits per heavy atom. The highest BCUT2D eigenvalue weighted by Crippen LogP contribution is 1.98. The van der Waals surface area contributed by atoms with Crippen molar-refractivity contribution in [3.63, 3.8) is 0 Å². The average Bonchev–Trinajstić information content (AvgIpc) is 1.63. The molecule has 0 spiro atoms. The van der Waals surface area contributed by atoms with Gasteiger partial charge in [0, 0.05) is 5.70 Å². The Morgan fingerprint density at radius 1 is 1.67 bits per heavy atom. The number of nitrogens with one attached hydrogen (secondary N) is 1. The summed E-state index contributed by atoms with van der Waals surface area (Å²) in [4.78, 5) is 3.94. The summed E-state index contributed by atoms with van der Waals surface area (Å²) in [5.41, 5.74) is 0.865. The highest BCUT2D eigenvalue weighted by Gasteiger charge is 1.83. The van der Waals surface area contributed by atoms with Gasteiger partial charge in [-0.3, -0.25) is 10.4 Å². The summed E-state index contributed by atoms with van der Waals surface area (Å²) in [5, 5.41) is 7.04. The molecule has 0 saturated heterocycles. The van der Waals surface area contributed by atoms with Crippen LogP contribution in [0.15, 0.2) is 16.8 Å². The molecule has 0 aliphatic carbocycles. The van der Waals surface area contributed by atoms with Crippen LogP contribution in [-0.2, 0) is 0 Å². The average molecular weight is 348 g/mol. The number of hydrogen-bond donors (Lipinski definition) is 1. The van der Waals surface area contributed by atoms with Crippen LogP contribution in [0.3, 0.4) is 0 Å². The first-order valence-corrected chi connectivity index (χ1v) is 4.54. The van der Waals surface area contributed by atoms with Gasteiger partial charge in [-0.05, 0) is 58.2 Å². The maximum Gasteiger partial charge on any atom is 0.0937 e. The molecule has 0 unspecified atom stereocenters. The van der Waals surface area contributed by atoms with Crippen LogP contribution in [0.25, 0.3) is 0 Å². The van der Waals surface area contributed by atoms with Gasteiger partial charge in [0.2, 0.25) is 0 Å². The van der Waals surface area contributed by atoms with Gasteiger partial charge < -0.3 is 0 Å². The summed E-state index contributed by atoms with van der Waals surface area (Å²) in [6, 6.07) is 0. The number of aliphatic imine (C=N–C) groups is 1. The zero-order valence-electron chi connectivity index (χ0n) is 4.86. The molecular weight excluding hydrogens is 342 g/mol. The van der Waals surface area contributed by atoms with E-state index in [9.17, 15) is 0 Å². The summed E-state index contributed by atoms with van der Waals surface area (Å²) in [5.74, 6) is 0.